The van der Waals surface area contributed by atoms with E-state index >= 15 is 0 Å². The molecule has 0 aliphatic carbocycles. The van der Waals surface area contributed by atoms with Gasteiger partial charge in [0.15, 0.2) is 11.5 Å². The number of hydrogen-bond acceptors (Lipinski definition) is 3. The highest BCUT2D eigenvalue weighted by atomic mass is 16.3. The van der Waals surface area contributed by atoms with Gasteiger partial charge in [-0.05, 0) is 29.8 Å². The van der Waals surface area contributed by atoms with Crippen molar-refractivity contribution in [3.8, 4) is 34.3 Å². The smallest absolute Gasteiger partial charge is 0.154 e. The molecule has 5 rings (SSSR count). The monoisotopic (exact) mass is 366 g/mol. The van der Waals surface area contributed by atoms with Crippen LogP contribution in [-0.4, -0.2) is 9.55 Å². The fraction of sp³-hybridized carbons (Fsp3) is 0.0417. The zero-order chi connectivity index (χ0) is 18.8. The molecule has 2 aromatic carbocycles. The Balaban J connectivity index is 1.78. The third kappa shape index (κ3) is 2.95. The molecular weight excluding hydrogens is 348 g/mol. The molecule has 0 fully saturated rings. The highest BCUT2D eigenvalue weighted by Crippen LogP contribution is 2.37. The van der Waals surface area contributed by atoms with Crippen LogP contribution in [0.15, 0.2) is 106 Å². The van der Waals surface area contributed by atoms with Gasteiger partial charge in [0, 0.05) is 12.1 Å². The number of imidazole rings is 1. The van der Waals surface area contributed by atoms with Crippen molar-refractivity contribution in [3.63, 3.8) is 0 Å². The molecule has 0 radical (unpaired) electrons. The Morgan fingerprint density at radius 2 is 1.32 bits per heavy atom. The minimum Gasteiger partial charge on any atom is -0.463 e. The second kappa shape index (κ2) is 7.08. The Hall–Kier alpha value is -3.79. The third-order valence-electron chi connectivity index (χ3n) is 4.69. The summed E-state index contributed by atoms with van der Waals surface area (Å²) < 4.78 is 13.7. The first-order chi connectivity index (χ1) is 13.9. The summed E-state index contributed by atoms with van der Waals surface area (Å²) in [6, 6.07) is 28.2. The highest BCUT2D eigenvalue weighted by molar-refractivity contribution is 5.78. The lowest BCUT2D eigenvalue weighted by Crippen LogP contribution is -2.04. The van der Waals surface area contributed by atoms with Crippen molar-refractivity contribution in [2.45, 2.75) is 6.54 Å². The van der Waals surface area contributed by atoms with Gasteiger partial charge in [-0.2, -0.15) is 0 Å². The summed E-state index contributed by atoms with van der Waals surface area (Å²) in [6.07, 6.45) is 3.35. The zero-order valence-electron chi connectivity index (χ0n) is 15.2. The van der Waals surface area contributed by atoms with E-state index in [-0.39, 0.29) is 0 Å². The van der Waals surface area contributed by atoms with E-state index in [0.717, 1.165) is 34.3 Å². The summed E-state index contributed by atoms with van der Waals surface area (Å²) in [6.45, 7) is 0.675. The van der Waals surface area contributed by atoms with Crippen LogP contribution in [0.2, 0.25) is 0 Å². The first-order valence-corrected chi connectivity index (χ1v) is 9.18. The first-order valence-electron chi connectivity index (χ1n) is 9.18. The molecule has 0 unspecified atom stereocenters. The van der Waals surface area contributed by atoms with E-state index in [2.05, 4.69) is 41.0 Å². The van der Waals surface area contributed by atoms with Crippen LogP contribution >= 0.6 is 0 Å². The second-order valence-electron chi connectivity index (χ2n) is 6.52. The predicted octanol–water partition coefficient (Wildman–Crippen LogP) is 6.12. The maximum atomic E-state index is 5.78. The van der Waals surface area contributed by atoms with Crippen molar-refractivity contribution < 1.29 is 8.83 Å². The van der Waals surface area contributed by atoms with Crippen LogP contribution in [0, 0.1) is 0 Å². The minimum atomic E-state index is 0.675. The molecule has 0 aliphatic heterocycles. The van der Waals surface area contributed by atoms with E-state index in [1.54, 1.807) is 12.5 Å². The Morgan fingerprint density at radius 3 is 1.96 bits per heavy atom. The van der Waals surface area contributed by atoms with Crippen molar-refractivity contribution in [3.05, 3.63) is 103 Å². The standard InChI is InChI=1S/C24H18N2O2/c1-3-9-18(10-4-1)17-26-23(21-14-8-16-28-21)22(20-13-7-15-27-20)25-24(26)19-11-5-2-6-12-19/h1-16H,17H2. The third-order valence-corrected chi connectivity index (χ3v) is 4.69. The summed E-state index contributed by atoms with van der Waals surface area (Å²) in [4.78, 5) is 4.98. The predicted molar refractivity (Wildman–Crippen MR) is 109 cm³/mol. The van der Waals surface area contributed by atoms with Crippen molar-refractivity contribution in [1.29, 1.82) is 0 Å². The molecule has 136 valence electrons. The Kier molecular flexibility index (Phi) is 4.14. The maximum Gasteiger partial charge on any atom is 0.154 e. The van der Waals surface area contributed by atoms with Gasteiger partial charge in [-0.15, -0.1) is 0 Å². The molecule has 0 saturated carbocycles. The topological polar surface area (TPSA) is 44.1 Å². The number of furan rings is 2. The van der Waals surface area contributed by atoms with Gasteiger partial charge in [0.2, 0.25) is 0 Å². The summed E-state index contributed by atoms with van der Waals surface area (Å²) in [7, 11) is 0. The number of benzene rings is 2. The van der Waals surface area contributed by atoms with Crippen LogP contribution < -0.4 is 0 Å². The number of aromatic nitrogens is 2. The number of nitrogens with zero attached hydrogens (tertiary/aromatic N) is 2. The molecule has 0 bridgehead atoms. The molecule has 0 atom stereocenters. The van der Waals surface area contributed by atoms with Crippen LogP contribution in [0.1, 0.15) is 5.56 Å². The van der Waals surface area contributed by atoms with Crippen LogP contribution in [0.3, 0.4) is 0 Å². The van der Waals surface area contributed by atoms with Crippen molar-refractivity contribution in [2.24, 2.45) is 0 Å². The molecule has 28 heavy (non-hydrogen) atoms. The van der Waals surface area contributed by atoms with Crippen LogP contribution in [0.4, 0.5) is 0 Å². The number of hydrogen-bond donors (Lipinski definition) is 0. The van der Waals surface area contributed by atoms with Gasteiger partial charge < -0.3 is 13.4 Å². The molecule has 0 amide bonds. The average Bonchev–Trinajstić information content (AvgIpc) is 3.50. The molecule has 0 aliphatic rings. The molecular formula is C24H18N2O2. The van der Waals surface area contributed by atoms with E-state index in [4.69, 9.17) is 13.8 Å². The minimum absolute atomic E-state index is 0.675. The van der Waals surface area contributed by atoms with Gasteiger partial charge in [0.05, 0.1) is 12.5 Å². The van der Waals surface area contributed by atoms with Crippen LogP contribution in [0.5, 0.6) is 0 Å². The summed E-state index contributed by atoms with van der Waals surface area (Å²) in [5.74, 6) is 2.36. The van der Waals surface area contributed by atoms with Gasteiger partial charge in [0.1, 0.15) is 17.2 Å². The average molecular weight is 366 g/mol. The molecule has 0 spiro atoms. The fourth-order valence-corrected chi connectivity index (χ4v) is 3.43. The maximum absolute atomic E-state index is 5.78. The van der Waals surface area contributed by atoms with Crippen molar-refractivity contribution >= 4 is 0 Å². The van der Waals surface area contributed by atoms with Crippen molar-refractivity contribution in [2.75, 3.05) is 0 Å². The largest absolute Gasteiger partial charge is 0.463 e. The van der Waals surface area contributed by atoms with E-state index in [9.17, 15) is 0 Å². The Bertz CT molecular complexity index is 1160. The molecule has 0 N–H and O–H groups in total. The van der Waals surface area contributed by atoms with Gasteiger partial charge >= 0.3 is 0 Å². The second-order valence-corrected chi connectivity index (χ2v) is 6.52. The summed E-state index contributed by atoms with van der Waals surface area (Å²) in [5, 5.41) is 0. The SMILES string of the molecule is c1ccc(Cn2c(-c3ccccc3)nc(-c3ccco3)c2-c2ccco2)cc1. The van der Waals surface area contributed by atoms with Gasteiger partial charge in [-0.25, -0.2) is 4.98 Å². The van der Waals surface area contributed by atoms with Crippen LogP contribution in [-0.2, 0) is 6.54 Å². The lowest BCUT2D eigenvalue weighted by molar-refractivity contribution is 0.570. The van der Waals surface area contributed by atoms with Crippen LogP contribution in [0.25, 0.3) is 34.3 Å². The van der Waals surface area contributed by atoms with Gasteiger partial charge in [0.25, 0.3) is 0 Å². The molecule has 4 heteroatoms. The Morgan fingerprint density at radius 1 is 0.679 bits per heavy atom. The molecule has 4 nitrogen and oxygen atoms in total. The van der Waals surface area contributed by atoms with E-state index < -0.39 is 0 Å². The zero-order valence-corrected chi connectivity index (χ0v) is 15.2. The van der Waals surface area contributed by atoms with Gasteiger partial charge in [-0.3, -0.25) is 0 Å². The van der Waals surface area contributed by atoms with E-state index in [1.807, 2.05) is 48.5 Å². The van der Waals surface area contributed by atoms with Gasteiger partial charge in [-0.1, -0.05) is 60.7 Å². The Labute approximate surface area is 162 Å². The van der Waals surface area contributed by atoms with Crippen molar-refractivity contribution in [1.82, 2.24) is 9.55 Å². The highest BCUT2D eigenvalue weighted by Gasteiger charge is 2.24. The fourth-order valence-electron chi connectivity index (χ4n) is 3.43. The normalized spacial score (nSPS) is 11.0. The summed E-state index contributed by atoms with van der Waals surface area (Å²) in [5.41, 5.74) is 3.91. The quantitative estimate of drug-likeness (QED) is 0.376. The molecule has 3 heterocycles. The summed E-state index contributed by atoms with van der Waals surface area (Å²) >= 11 is 0. The molecule has 3 aromatic heterocycles. The lowest BCUT2D eigenvalue weighted by Gasteiger charge is -2.12. The van der Waals surface area contributed by atoms with E-state index in [0.29, 0.717) is 6.54 Å². The molecule has 5 aromatic rings. The van der Waals surface area contributed by atoms with E-state index in [1.165, 1.54) is 5.56 Å². The number of rotatable bonds is 5. The molecule has 0 saturated heterocycles. The first kappa shape index (κ1) is 16.4. The lowest BCUT2D eigenvalue weighted by atomic mass is 10.1.